The molecule has 5 heteroatoms. The summed E-state index contributed by atoms with van der Waals surface area (Å²) in [4.78, 5) is 14.3. The molecule has 25 heavy (non-hydrogen) atoms. The molecule has 3 rings (SSSR count). The second kappa shape index (κ2) is 7.54. The van der Waals surface area contributed by atoms with E-state index in [1.807, 2.05) is 19.1 Å². The standard InChI is InChI=1S/C20H22ClFN2O/c1-13(23)14-8-10-24(11-9-14)20(25)18-7-4-16(12-19(18)22)15-2-5-17(21)6-3-15/h2-7,12-14H,8-11,23H2,1H3. The average molecular weight is 361 g/mol. The van der Waals surface area contributed by atoms with E-state index in [4.69, 9.17) is 17.3 Å². The highest BCUT2D eigenvalue weighted by atomic mass is 35.5. The van der Waals surface area contributed by atoms with Crippen molar-refractivity contribution >= 4 is 17.5 Å². The minimum Gasteiger partial charge on any atom is -0.339 e. The van der Waals surface area contributed by atoms with E-state index in [0.717, 1.165) is 24.0 Å². The summed E-state index contributed by atoms with van der Waals surface area (Å²) in [5, 5.41) is 0.631. The first-order valence-electron chi connectivity index (χ1n) is 8.56. The molecule has 3 nitrogen and oxygen atoms in total. The number of amides is 1. The van der Waals surface area contributed by atoms with Crippen molar-refractivity contribution in [2.45, 2.75) is 25.8 Å². The molecular formula is C20H22ClFN2O. The number of nitrogens with two attached hydrogens (primary N) is 1. The summed E-state index contributed by atoms with van der Waals surface area (Å²) in [7, 11) is 0. The van der Waals surface area contributed by atoms with E-state index in [-0.39, 0.29) is 17.5 Å². The Morgan fingerprint density at radius 2 is 1.76 bits per heavy atom. The third-order valence-corrected chi connectivity index (χ3v) is 5.20. The number of carbonyl (C=O) groups excluding carboxylic acids is 1. The molecule has 2 aromatic rings. The third-order valence-electron chi connectivity index (χ3n) is 4.95. The van der Waals surface area contributed by atoms with Crippen LogP contribution in [0.5, 0.6) is 0 Å². The lowest BCUT2D eigenvalue weighted by atomic mass is 9.90. The number of nitrogens with zero attached hydrogens (tertiary/aromatic N) is 1. The molecule has 1 fully saturated rings. The Morgan fingerprint density at radius 1 is 1.16 bits per heavy atom. The number of halogens is 2. The number of hydrogen-bond acceptors (Lipinski definition) is 2. The summed E-state index contributed by atoms with van der Waals surface area (Å²) in [6, 6.07) is 12.1. The lowest BCUT2D eigenvalue weighted by molar-refractivity contribution is 0.0676. The van der Waals surface area contributed by atoms with E-state index < -0.39 is 5.82 Å². The first-order valence-corrected chi connectivity index (χ1v) is 8.94. The maximum absolute atomic E-state index is 14.5. The van der Waals surface area contributed by atoms with Crippen molar-refractivity contribution in [3.63, 3.8) is 0 Å². The number of rotatable bonds is 3. The molecular weight excluding hydrogens is 339 g/mol. The zero-order valence-electron chi connectivity index (χ0n) is 14.2. The highest BCUT2D eigenvalue weighted by molar-refractivity contribution is 6.30. The fourth-order valence-electron chi connectivity index (χ4n) is 3.31. The summed E-state index contributed by atoms with van der Waals surface area (Å²) in [5.41, 5.74) is 7.64. The fraction of sp³-hybridized carbons (Fsp3) is 0.350. The highest BCUT2D eigenvalue weighted by Crippen LogP contribution is 2.26. The minimum absolute atomic E-state index is 0.122. The molecule has 0 aliphatic carbocycles. The first-order chi connectivity index (χ1) is 12.0. The SMILES string of the molecule is CC(N)C1CCN(C(=O)c2ccc(-c3ccc(Cl)cc3)cc2F)CC1. The van der Waals surface area contributed by atoms with Crippen LogP contribution in [0.25, 0.3) is 11.1 Å². The Balaban J connectivity index is 1.75. The average Bonchev–Trinajstić information content (AvgIpc) is 2.62. The Labute approximate surface area is 152 Å². The van der Waals surface area contributed by atoms with E-state index in [1.54, 1.807) is 29.2 Å². The van der Waals surface area contributed by atoms with Gasteiger partial charge in [0.05, 0.1) is 5.56 Å². The van der Waals surface area contributed by atoms with Gasteiger partial charge in [0.1, 0.15) is 5.82 Å². The van der Waals surface area contributed by atoms with Gasteiger partial charge >= 0.3 is 0 Å². The summed E-state index contributed by atoms with van der Waals surface area (Å²) in [6.45, 7) is 3.25. The molecule has 0 radical (unpaired) electrons. The molecule has 1 saturated heterocycles. The topological polar surface area (TPSA) is 46.3 Å². The predicted molar refractivity (Wildman–Crippen MR) is 99.1 cm³/mol. The predicted octanol–water partition coefficient (Wildman–Crippen LogP) is 4.35. The zero-order valence-corrected chi connectivity index (χ0v) is 15.0. The summed E-state index contributed by atoms with van der Waals surface area (Å²) >= 11 is 5.88. The molecule has 1 unspecified atom stereocenters. The van der Waals surface area contributed by atoms with Crippen molar-refractivity contribution in [3.05, 3.63) is 58.9 Å². The van der Waals surface area contributed by atoms with Gasteiger partial charge in [0, 0.05) is 24.2 Å². The van der Waals surface area contributed by atoms with Crippen molar-refractivity contribution < 1.29 is 9.18 Å². The van der Waals surface area contributed by atoms with Crippen LogP contribution in [0.15, 0.2) is 42.5 Å². The van der Waals surface area contributed by atoms with Gasteiger partial charge in [0.15, 0.2) is 0 Å². The Kier molecular flexibility index (Phi) is 5.40. The largest absolute Gasteiger partial charge is 0.339 e. The van der Waals surface area contributed by atoms with Gasteiger partial charge in [0.2, 0.25) is 0 Å². The van der Waals surface area contributed by atoms with Crippen LogP contribution in [0.1, 0.15) is 30.1 Å². The van der Waals surface area contributed by atoms with Gasteiger partial charge in [0.25, 0.3) is 5.91 Å². The second-order valence-corrected chi connectivity index (χ2v) is 7.13. The third kappa shape index (κ3) is 4.02. The molecule has 132 valence electrons. The lowest BCUT2D eigenvalue weighted by Gasteiger charge is -2.33. The molecule has 1 aliphatic rings. The van der Waals surface area contributed by atoms with Crippen LogP contribution >= 0.6 is 11.6 Å². The van der Waals surface area contributed by atoms with Gasteiger partial charge in [-0.2, -0.15) is 0 Å². The van der Waals surface area contributed by atoms with Crippen molar-refractivity contribution in [1.82, 2.24) is 4.90 Å². The molecule has 0 bridgehead atoms. The first kappa shape index (κ1) is 17.9. The van der Waals surface area contributed by atoms with Crippen LogP contribution in [-0.2, 0) is 0 Å². The molecule has 2 N–H and O–H groups in total. The van der Waals surface area contributed by atoms with Crippen LogP contribution in [0.2, 0.25) is 5.02 Å². The maximum Gasteiger partial charge on any atom is 0.256 e. The second-order valence-electron chi connectivity index (χ2n) is 6.69. The van der Waals surface area contributed by atoms with E-state index in [2.05, 4.69) is 0 Å². The van der Waals surface area contributed by atoms with Crippen LogP contribution in [-0.4, -0.2) is 29.9 Å². The number of likely N-dealkylation sites (tertiary alicyclic amines) is 1. The highest BCUT2D eigenvalue weighted by Gasteiger charge is 2.26. The van der Waals surface area contributed by atoms with Gasteiger partial charge in [-0.1, -0.05) is 29.8 Å². The zero-order chi connectivity index (χ0) is 18.0. The summed E-state index contributed by atoms with van der Waals surface area (Å²) in [5.74, 6) is -0.309. The van der Waals surface area contributed by atoms with Crippen molar-refractivity contribution in [2.24, 2.45) is 11.7 Å². The minimum atomic E-state index is -0.494. The van der Waals surface area contributed by atoms with Gasteiger partial charge < -0.3 is 10.6 Å². The van der Waals surface area contributed by atoms with Crippen molar-refractivity contribution in [2.75, 3.05) is 13.1 Å². The van der Waals surface area contributed by atoms with Gasteiger partial charge in [-0.05, 0) is 61.1 Å². The maximum atomic E-state index is 14.5. The number of benzene rings is 2. The van der Waals surface area contributed by atoms with E-state index in [1.165, 1.54) is 6.07 Å². The molecule has 1 amide bonds. The molecule has 1 atom stereocenters. The lowest BCUT2D eigenvalue weighted by Crippen LogP contribution is -2.42. The number of piperidine rings is 1. The molecule has 0 aromatic heterocycles. The quantitative estimate of drug-likeness (QED) is 0.884. The van der Waals surface area contributed by atoms with Crippen LogP contribution in [0.4, 0.5) is 4.39 Å². The fourth-order valence-corrected chi connectivity index (χ4v) is 3.44. The van der Waals surface area contributed by atoms with Crippen molar-refractivity contribution in [1.29, 1.82) is 0 Å². The van der Waals surface area contributed by atoms with E-state index >= 15 is 0 Å². The van der Waals surface area contributed by atoms with Crippen molar-refractivity contribution in [3.8, 4) is 11.1 Å². The Hall–Kier alpha value is -1.91. The monoisotopic (exact) mass is 360 g/mol. The summed E-state index contributed by atoms with van der Waals surface area (Å²) < 4.78 is 14.5. The van der Waals surface area contributed by atoms with Crippen LogP contribution in [0.3, 0.4) is 0 Å². The van der Waals surface area contributed by atoms with Gasteiger partial charge in [-0.25, -0.2) is 4.39 Å². The molecule has 2 aromatic carbocycles. The Bertz CT molecular complexity index is 753. The normalized spacial score (nSPS) is 16.7. The molecule has 0 spiro atoms. The molecule has 1 heterocycles. The number of carbonyl (C=O) groups is 1. The number of hydrogen-bond donors (Lipinski definition) is 1. The molecule has 1 aliphatic heterocycles. The van der Waals surface area contributed by atoms with E-state index in [9.17, 15) is 9.18 Å². The van der Waals surface area contributed by atoms with Gasteiger partial charge in [-0.3, -0.25) is 4.79 Å². The van der Waals surface area contributed by atoms with Gasteiger partial charge in [-0.15, -0.1) is 0 Å². The summed E-state index contributed by atoms with van der Waals surface area (Å²) in [6.07, 6.45) is 1.74. The van der Waals surface area contributed by atoms with E-state index in [0.29, 0.717) is 24.0 Å². The van der Waals surface area contributed by atoms with Crippen LogP contribution in [0, 0.1) is 11.7 Å². The smallest absolute Gasteiger partial charge is 0.256 e. The molecule has 0 saturated carbocycles. The Morgan fingerprint density at radius 3 is 2.32 bits per heavy atom. The van der Waals surface area contributed by atoms with Crippen LogP contribution < -0.4 is 5.73 Å².